The first-order valence-corrected chi connectivity index (χ1v) is 4.41. The van der Waals surface area contributed by atoms with Crippen LogP contribution in [0.15, 0.2) is 0 Å². The molecule has 1 aliphatic heterocycles. The van der Waals surface area contributed by atoms with E-state index in [0.29, 0.717) is 6.61 Å². The van der Waals surface area contributed by atoms with E-state index in [4.69, 9.17) is 14.9 Å². The minimum Gasteiger partial charge on any atom is -0.362 e. The normalized spacial score (nSPS) is 33.8. The monoisotopic (exact) mass is 176 g/mol. The second-order valence-corrected chi connectivity index (χ2v) is 3.01. The van der Waals surface area contributed by atoms with Crippen LogP contribution in [0.5, 0.6) is 0 Å². The lowest BCUT2D eigenvalue weighted by Gasteiger charge is -2.05. The first-order chi connectivity index (χ1) is 5.69. The molecule has 4 nitrogen and oxygen atoms in total. The molecule has 0 bridgehead atoms. The van der Waals surface area contributed by atoms with Crippen LogP contribution in [0, 0.1) is 0 Å². The molecule has 1 fully saturated rings. The molecule has 0 saturated carbocycles. The van der Waals surface area contributed by atoms with Crippen molar-refractivity contribution in [2.45, 2.75) is 44.9 Å². The fourth-order valence-corrected chi connectivity index (χ4v) is 0.978. The Labute approximate surface area is 72.1 Å². The lowest BCUT2D eigenvalue weighted by molar-refractivity contribution is -0.197. The quantitative estimate of drug-likeness (QED) is 0.353. The third-order valence-corrected chi connectivity index (χ3v) is 1.84. The van der Waals surface area contributed by atoms with Gasteiger partial charge in [0.15, 0.2) is 0 Å². The van der Waals surface area contributed by atoms with Gasteiger partial charge in [-0.1, -0.05) is 26.2 Å². The Kier molecular flexibility index (Phi) is 3.46. The van der Waals surface area contributed by atoms with E-state index in [1.165, 1.54) is 12.8 Å². The van der Waals surface area contributed by atoms with Crippen LogP contribution in [-0.4, -0.2) is 29.1 Å². The maximum atomic E-state index is 9.06. The predicted octanol–water partition coefficient (Wildman–Crippen LogP) is 0.578. The van der Waals surface area contributed by atoms with Gasteiger partial charge in [0.2, 0.25) is 6.29 Å². The molecule has 0 aromatic rings. The molecule has 2 unspecified atom stereocenters. The van der Waals surface area contributed by atoms with Gasteiger partial charge in [-0.05, 0) is 6.42 Å². The van der Waals surface area contributed by atoms with E-state index in [1.54, 1.807) is 0 Å². The summed E-state index contributed by atoms with van der Waals surface area (Å²) in [5.74, 6) is -1.69. The summed E-state index contributed by atoms with van der Waals surface area (Å²) < 4.78 is 9.28. The van der Waals surface area contributed by atoms with Crippen LogP contribution in [0.1, 0.15) is 32.6 Å². The minimum absolute atomic E-state index is 0.438. The summed E-state index contributed by atoms with van der Waals surface area (Å²) in [5, 5.41) is 17.8. The first kappa shape index (κ1) is 9.92. The first-order valence-electron chi connectivity index (χ1n) is 4.41. The van der Waals surface area contributed by atoms with E-state index >= 15 is 0 Å². The van der Waals surface area contributed by atoms with Gasteiger partial charge in [0.1, 0.15) is 0 Å². The average Bonchev–Trinajstić information content (AvgIpc) is 2.60. The van der Waals surface area contributed by atoms with Crippen molar-refractivity contribution < 1.29 is 19.7 Å². The maximum absolute atomic E-state index is 9.06. The predicted molar refractivity (Wildman–Crippen MR) is 42.1 cm³/mol. The molecule has 0 spiro atoms. The zero-order chi connectivity index (χ0) is 9.03. The van der Waals surface area contributed by atoms with Gasteiger partial charge in [0.25, 0.3) is 0 Å². The molecule has 0 amide bonds. The number of hydrogen-bond acceptors (Lipinski definition) is 4. The number of ether oxygens (including phenoxy) is 2. The van der Waals surface area contributed by atoms with Gasteiger partial charge in [-0.15, -0.1) is 0 Å². The molecule has 0 radical (unpaired) electrons. The fraction of sp³-hybridized carbons (Fsp3) is 1.00. The number of rotatable bonds is 6. The van der Waals surface area contributed by atoms with E-state index in [2.05, 4.69) is 11.7 Å². The third-order valence-electron chi connectivity index (χ3n) is 1.84. The van der Waals surface area contributed by atoms with Gasteiger partial charge in [0, 0.05) is 0 Å². The molecule has 1 rings (SSSR count). The molecular formula is C8H16O4. The van der Waals surface area contributed by atoms with E-state index in [0.717, 1.165) is 12.8 Å². The smallest absolute Gasteiger partial charge is 0.337 e. The summed E-state index contributed by atoms with van der Waals surface area (Å²) in [4.78, 5) is 0. The topological polar surface area (TPSA) is 62.2 Å². The highest BCUT2D eigenvalue weighted by molar-refractivity contribution is 4.72. The molecule has 0 aromatic heterocycles. The number of aliphatic hydroxyl groups excluding tert-OH is 1. The van der Waals surface area contributed by atoms with Gasteiger partial charge in [0.05, 0.1) is 6.61 Å². The van der Waals surface area contributed by atoms with Crippen molar-refractivity contribution in [1.29, 1.82) is 0 Å². The van der Waals surface area contributed by atoms with Crippen molar-refractivity contribution in [3.63, 3.8) is 0 Å². The van der Waals surface area contributed by atoms with E-state index in [-0.39, 0.29) is 0 Å². The summed E-state index contributed by atoms with van der Waals surface area (Å²) in [6.45, 7) is 2.57. The van der Waals surface area contributed by atoms with Crippen LogP contribution in [0.4, 0.5) is 0 Å². The number of aliphatic hydroxyl groups is 2. The Morgan fingerprint density at radius 2 is 2.08 bits per heavy atom. The molecule has 0 aliphatic carbocycles. The summed E-state index contributed by atoms with van der Waals surface area (Å²) in [5.41, 5.74) is 0. The summed E-state index contributed by atoms with van der Waals surface area (Å²) in [7, 11) is 0. The van der Waals surface area contributed by atoms with E-state index in [1.807, 2.05) is 0 Å². The Morgan fingerprint density at radius 1 is 1.42 bits per heavy atom. The molecule has 4 heteroatoms. The van der Waals surface area contributed by atoms with E-state index < -0.39 is 12.3 Å². The van der Waals surface area contributed by atoms with E-state index in [9.17, 15) is 0 Å². The molecule has 0 aromatic carbocycles. The zero-order valence-electron chi connectivity index (χ0n) is 7.32. The molecule has 1 aliphatic rings. The van der Waals surface area contributed by atoms with Crippen LogP contribution >= 0.6 is 0 Å². The van der Waals surface area contributed by atoms with Crippen LogP contribution in [0.3, 0.4) is 0 Å². The molecule has 72 valence electrons. The Bertz CT molecular complexity index is 139. The molecule has 1 saturated heterocycles. The van der Waals surface area contributed by atoms with Gasteiger partial charge in [-0.2, -0.15) is 0 Å². The van der Waals surface area contributed by atoms with Crippen molar-refractivity contribution in [1.82, 2.24) is 0 Å². The van der Waals surface area contributed by atoms with Gasteiger partial charge in [-0.3, -0.25) is 4.74 Å². The Balaban J connectivity index is 1.90. The zero-order valence-corrected chi connectivity index (χ0v) is 7.32. The standard InChI is InChI=1S/C8H16O4/c1-2-3-4-5-6-11-8(10)7(9)12-8/h7,9-10H,2-6H2,1H3. The molecule has 1 heterocycles. The molecular weight excluding hydrogens is 160 g/mol. The number of hydrogen-bond donors (Lipinski definition) is 2. The van der Waals surface area contributed by atoms with Crippen LogP contribution in [0.25, 0.3) is 0 Å². The Hall–Kier alpha value is -0.160. The van der Waals surface area contributed by atoms with Crippen molar-refractivity contribution >= 4 is 0 Å². The lowest BCUT2D eigenvalue weighted by Crippen LogP contribution is -2.19. The summed E-state index contributed by atoms with van der Waals surface area (Å²) in [6.07, 6.45) is 3.17. The third kappa shape index (κ3) is 2.71. The van der Waals surface area contributed by atoms with Crippen LogP contribution in [0.2, 0.25) is 0 Å². The SMILES string of the molecule is CCCCCCOC1(O)OC1O. The summed E-state index contributed by atoms with van der Waals surface area (Å²) >= 11 is 0. The van der Waals surface area contributed by atoms with Crippen molar-refractivity contribution in [2.75, 3.05) is 6.61 Å². The van der Waals surface area contributed by atoms with Crippen molar-refractivity contribution in [2.24, 2.45) is 0 Å². The van der Waals surface area contributed by atoms with Crippen LogP contribution < -0.4 is 0 Å². The van der Waals surface area contributed by atoms with Gasteiger partial charge in [-0.25, -0.2) is 0 Å². The molecule has 12 heavy (non-hydrogen) atoms. The highest BCUT2D eigenvalue weighted by Crippen LogP contribution is 2.32. The largest absolute Gasteiger partial charge is 0.362 e. The van der Waals surface area contributed by atoms with Crippen LogP contribution in [-0.2, 0) is 9.47 Å². The second kappa shape index (κ2) is 4.18. The summed E-state index contributed by atoms with van der Waals surface area (Å²) in [6, 6.07) is 0. The maximum Gasteiger partial charge on any atom is 0.337 e. The molecule has 2 N–H and O–H groups in total. The number of unbranched alkanes of at least 4 members (excludes halogenated alkanes) is 3. The second-order valence-electron chi connectivity index (χ2n) is 3.01. The van der Waals surface area contributed by atoms with Gasteiger partial charge >= 0.3 is 5.97 Å². The minimum atomic E-state index is -1.69. The number of epoxide rings is 1. The van der Waals surface area contributed by atoms with Crippen molar-refractivity contribution in [3.8, 4) is 0 Å². The molecule has 2 atom stereocenters. The Morgan fingerprint density at radius 3 is 2.58 bits per heavy atom. The van der Waals surface area contributed by atoms with Crippen molar-refractivity contribution in [3.05, 3.63) is 0 Å². The fourth-order valence-electron chi connectivity index (χ4n) is 0.978. The highest BCUT2D eigenvalue weighted by Gasteiger charge is 2.57. The lowest BCUT2D eigenvalue weighted by atomic mass is 10.2. The average molecular weight is 176 g/mol. The van der Waals surface area contributed by atoms with Gasteiger partial charge < -0.3 is 14.9 Å². The highest BCUT2D eigenvalue weighted by atomic mass is 17.0.